The maximum absolute atomic E-state index is 11.4. The number of anilines is 3. The van der Waals surface area contributed by atoms with Gasteiger partial charge in [-0.05, 0) is 0 Å². The number of imidazole rings is 3. The van der Waals surface area contributed by atoms with Crippen molar-refractivity contribution in [2.24, 2.45) is 0 Å². The molecule has 6 unspecified atom stereocenters. The second-order valence-electron chi connectivity index (χ2n) is 17.0. The summed E-state index contributed by atoms with van der Waals surface area (Å²) in [7, 11) is -10.8. The zero-order valence-electron chi connectivity index (χ0n) is 42.8. The summed E-state index contributed by atoms with van der Waals surface area (Å²) in [4.78, 5) is 104. The predicted molar refractivity (Wildman–Crippen MR) is 258 cm³/mol. The van der Waals surface area contributed by atoms with Gasteiger partial charge < -0.3 is 103 Å². The minimum atomic E-state index is -4.54. The Labute approximate surface area is 454 Å². The van der Waals surface area contributed by atoms with E-state index in [-0.39, 0.29) is 45.8 Å². The number of aliphatic hydroxyl groups excluding tert-OH is 4. The largest absolute Gasteiger partial charge is 0.756 e. The Kier molecular flexibility index (Phi) is 19.9. The fraction of sp³-hybridized carbons (Fsp3) is 0.538. The van der Waals surface area contributed by atoms with E-state index >= 15 is 0 Å². The summed E-state index contributed by atoms with van der Waals surface area (Å²) in [6, 6.07) is 0. The fourth-order valence-electron chi connectivity index (χ4n) is 7.98. The maximum Gasteiger partial charge on any atom is 0.303 e. The van der Waals surface area contributed by atoms with Crippen molar-refractivity contribution in [2.75, 3.05) is 57.9 Å². The van der Waals surface area contributed by atoms with Gasteiger partial charge in [0, 0.05) is 42.1 Å². The minimum absolute atomic E-state index is 0.133. The van der Waals surface area contributed by atoms with Gasteiger partial charge in [0.25, 0.3) is 23.5 Å². The summed E-state index contributed by atoms with van der Waals surface area (Å²) in [6.07, 6.45) is -6.99. The predicted octanol–water partition coefficient (Wildman–Crippen LogP) is -4.00. The smallest absolute Gasteiger partial charge is 0.303 e. The van der Waals surface area contributed by atoms with E-state index in [0.29, 0.717) is 11.0 Å². The molecule has 9 N–H and O–H groups in total. The van der Waals surface area contributed by atoms with Crippen molar-refractivity contribution in [1.29, 1.82) is 0 Å². The second-order valence-corrected chi connectivity index (χ2v) is 21.5. The number of phosphoric acid groups is 3. The number of rotatable bonds is 18. The van der Waals surface area contributed by atoms with Crippen LogP contribution in [0.15, 0.2) is 38.0 Å². The lowest BCUT2D eigenvalue weighted by atomic mass is 10.1. The normalized spacial score (nSPS) is 27.6. The molecule has 3 saturated heterocycles. The van der Waals surface area contributed by atoms with Crippen LogP contribution in [-0.4, -0.2) is 193 Å². The van der Waals surface area contributed by atoms with Crippen LogP contribution in [-0.2, 0) is 78.9 Å². The molecule has 0 aromatic carbocycles. The molecule has 6 aromatic heterocycles. The quantitative estimate of drug-likeness (QED) is 0.0318. The molecule has 444 valence electrons. The number of hydrogen-bond donors (Lipinski definition) is 7. The lowest BCUT2D eigenvalue weighted by molar-refractivity contribution is -0.227. The van der Waals surface area contributed by atoms with Gasteiger partial charge in [-0.1, -0.05) is 0 Å². The van der Waals surface area contributed by atoms with Crippen molar-refractivity contribution in [3.05, 3.63) is 38.0 Å². The molecule has 0 bridgehead atoms. The number of esters is 2. The van der Waals surface area contributed by atoms with Crippen LogP contribution in [0.5, 0.6) is 0 Å². The number of ether oxygens (including phenoxy) is 5. The lowest BCUT2D eigenvalue weighted by Gasteiger charge is -2.24. The van der Waals surface area contributed by atoms with Crippen LogP contribution in [0.4, 0.5) is 17.5 Å². The van der Waals surface area contributed by atoms with Gasteiger partial charge >= 0.3 is 11.9 Å². The Morgan fingerprint density at radius 3 is 1.40 bits per heavy atom. The van der Waals surface area contributed by atoms with E-state index in [1.54, 1.807) is 0 Å². The number of nitrogens with one attached hydrogen (secondary N) is 1. The molecule has 81 heavy (non-hydrogen) atoms. The molecule has 0 spiro atoms. The third-order valence-corrected chi connectivity index (χ3v) is 14.4. The number of phosphoric ester groups is 3. The molecular weight excluding hydrogens is 1160 g/mol. The van der Waals surface area contributed by atoms with Crippen LogP contribution in [0.3, 0.4) is 0 Å². The molecule has 42 heteroatoms. The van der Waals surface area contributed by atoms with Crippen molar-refractivity contribution in [3.8, 4) is 0 Å². The number of amides is 1. The Balaban J connectivity index is 0.000000175. The van der Waals surface area contributed by atoms with Gasteiger partial charge in [0.2, 0.25) is 5.91 Å². The van der Waals surface area contributed by atoms with Crippen molar-refractivity contribution >= 4 is 92.3 Å². The third kappa shape index (κ3) is 14.5. The number of aliphatic hydroxyl groups is 4. The highest BCUT2D eigenvalue weighted by atomic mass is 31.2. The lowest BCUT2D eigenvalue weighted by Crippen LogP contribution is -2.38. The summed E-state index contributed by atoms with van der Waals surface area (Å²) in [5.74, 6) is -1.27. The Hall–Kier alpha value is -6.29. The summed E-state index contributed by atoms with van der Waals surface area (Å²) >= 11 is 0. The molecule has 1 amide bonds. The zero-order valence-corrected chi connectivity index (χ0v) is 45.5. The van der Waals surface area contributed by atoms with E-state index in [9.17, 15) is 63.2 Å². The second kappa shape index (κ2) is 25.9. The monoisotopic (exact) mass is 1210 g/mol. The van der Waals surface area contributed by atoms with Gasteiger partial charge in [-0.3, -0.25) is 41.8 Å². The zero-order chi connectivity index (χ0) is 59.3. The standard InChI is InChI=1S/3C13H18N5O8P/c1-6(19)25-10-7(3-24-27(21,22)23-2)26-13(9(10)20)18-5-17-8-11(14)15-4-16-12(8)18;1-6(19)25-10-9(20)7(3-24-27(21,22)23-2)26-13(10)18-5-17-8-11(14)15-4-16-12(8)18;1-6(19)17-11-8-12(15-4-14-11)18(5-16-8)13-10(21)9(20)7(26-13)3-25-27(22,23)24-2/h2*4-5,7,9-10,13,20H,3H2,1-2H3,(H,21,22)(H2,14,15,16);4-5,7,9-10,13,20-21H,3H2,1-2H3,(H,22,23)(H,14,15,17,19)/p-3/t7-,9?,10+,13-;2*7-,9+,10?,13-/m111/s1. The van der Waals surface area contributed by atoms with Crippen LogP contribution in [0, 0.1) is 0 Å². The molecule has 9 rings (SSSR count). The van der Waals surface area contributed by atoms with Crippen LogP contribution >= 0.6 is 23.5 Å². The molecule has 0 aliphatic carbocycles. The highest BCUT2D eigenvalue weighted by Gasteiger charge is 2.50. The van der Waals surface area contributed by atoms with E-state index < -0.39 is 129 Å². The Morgan fingerprint density at radius 1 is 0.543 bits per heavy atom. The average molecular weight is 1210 g/mol. The van der Waals surface area contributed by atoms with Crippen LogP contribution < -0.4 is 31.5 Å². The molecular formula is C39H51N15O24P3-3. The number of nitrogen functional groups attached to an aromatic ring is 2. The van der Waals surface area contributed by atoms with Gasteiger partial charge in [0.05, 0.1) is 38.8 Å². The molecule has 0 saturated carbocycles. The first kappa shape index (κ1) is 62.3. The molecule has 39 nitrogen and oxygen atoms in total. The van der Waals surface area contributed by atoms with E-state index in [1.165, 1.54) is 58.6 Å². The molecule has 3 aliphatic heterocycles. The number of hydrogen-bond acceptors (Lipinski definition) is 35. The first-order valence-corrected chi connectivity index (χ1v) is 27.5. The van der Waals surface area contributed by atoms with E-state index in [1.807, 2.05) is 0 Å². The van der Waals surface area contributed by atoms with Crippen molar-refractivity contribution in [2.45, 2.75) is 94.4 Å². The van der Waals surface area contributed by atoms with E-state index in [2.05, 4.69) is 77.3 Å². The van der Waals surface area contributed by atoms with Gasteiger partial charge in [-0.25, -0.2) is 44.9 Å². The first-order valence-electron chi connectivity index (χ1n) is 23.1. The molecule has 9 heterocycles. The highest BCUT2D eigenvalue weighted by molar-refractivity contribution is 7.46. The summed E-state index contributed by atoms with van der Waals surface area (Å²) in [5.41, 5.74) is 13.1. The number of aromatic nitrogens is 12. The molecule has 3 aliphatic rings. The molecule has 3 fully saturated rings. The number of nitrogens with zero attached hydrogens (tertiary/aromatic N) is 12. The minimum Gasteiger partial charge on any atom is -0.756 e. The topological polar surface area (TPSA) is 549 Å². The van der Waals surface area contributed by atoms with Crippen LogP contribution in [0.2, 0.25) is 0 Å². The Morgan fingerprint density at radius 2 is 0.926 bits per heavy atom. The van der Waals surface area contributed by atoms with Crippen molar-refractivity contribution < 1.29 is 114 Å². The van der Waals surface area contributed by atoms with E-state index in [4.69, 9.17) is 35.2 Å². The van der Waals surface area contributed by atoms with E-state index in [0.717, 1.165) is 35.2 Å². The summed E-state index contributed by atoms with van der Waals surface area (Å²) in [6.45, 7) is 1.98. The number of carbonyl (C=O) groups is 3. The summed E-state index contributed by atoms with van der Waals surface area (Å²) < 4.78 is 91.8. The van der Waals surface area contributed by atoms with Gasteiger partial charge in [-0.2, -0.15) is 0 Å². The van der Waals surface area contributed by atoms with Crippen molar-refractivity contribution in [3.63, 3.8) is 0 Å². The Bertz CT molecular complexity index is 3360. The molecule has 15 atom stereocenters. The van der Waals surface area contributed by atoms with Crippen LogP contribution in [0.25, 0.3) is 33.5 Å². The van der Waals surface area contributed by atoms with Gasteiger partial charge in [0.1, 0.15) is 72.7 Å². The maximum atomic E-state index is 11.4. The third-order valence-electron chi connectivity index (χ3n) is 11.7. The number of carbonyl (C=O) groups excluding carboxylic acids is 3. The number of nitrogens with two attached hydrogens (primary N) is 2. The SMILES string of the molecule is COP(=O)([O-])OC[C@H]1O[C@@H](n2cnc3c(N)ncnc32)C(O)[C@H]1OC(C)=O.COP(=O)([O-])OC[C@H]1O[C@@H](n2cnc3c(N)ncnc32)C(OC(C)=O)[C@H]1O.COP(=O)([O-])OC[C@H]1O[C@@H](n2cnc3c(NC(C)=O)ncnc32)C(O)[C@H]1O. The van der Waals surface area contributed by atoms with Crippen molar-refractivity contribution in [1.82, 2.24) is 58.6 Å². The van der Waals surface area contributed by atoms with Gasteiger partial charge in [-0.15, -0.1) is 0 Å². The first-order chi connectivity index (χ1) is 38.2. The average Bonchev–Trinajstić information content (AvgIpc) is 4.45. The fourth-order valence-corrected chi connectivity index (χ4v) is 9.28. The molecule has 0 radical (unpaired) electrons. The van der Waals surface area contributed by atoms with Crippen LogP contribution in [0.1, 0.15) is 39.5 Å². The van der Waals surface area contributed by atoms with Gasteiger partial charge in [0.15, 0.2) is 70.8 Å². The molecule has 6 aromatic rings. The number of fused-ring (bicyclic) bond motifs is 3. The summed E-state index contributed by atoms with van der Waals surface area (Å²) in [5, 5.41) is 44.0. The highest BCUT2D eigenvalue weighted by Crippen LogP contribution is 2.43.